The molecule has 0 aliphatic heterocycles. The fourth-order valence-electron chi connectivity index (χ4n) is 3.60. The molecule has 1 aliphatic rings. The van der Waals surface area contributed by atoms with E-state index >= 15 is 0 Å². The minimum Gasteiger partial charge on any atom is -0.462 e. The Labute approximate surface area is 205 Å². The van der Waals surface area contributed by atoms with E-state index < -0.39 is 38.4 Å². The van der Waals surface area contributed by atoms with Crippen LogP contribution in [0.1, 0.15) is 46.6 Å². The van der Waals surface area contributed by atoms with E-state index in [9.17, 15) is 14.5 Å². The summed E-state index contributed by atoms with van der Waals surface area (Å²) < 4.78 is 29.8. The highest BCUT2D eigenvalue weighted by molar-refractivity contribution is 7.36. The summed E-state index contributed by atoms with van der Waals surface area (Å²) >= 11 is 0. The molecule has 0 amide bonds. The van der Waals surface area contributed by atoms with E-state index in [1.807, 2.05) is 11.9 Å². The number of imidazole rings is 1. The van der Waals surface area contributed by atoms with Crippen LogP contribution in [0.25, 0.3) is 11.2 Å². The van der Waals surface area contributed by atoms with E-state index in [0.29, 0.717) is 23.0 Å². The number of aromatic nitrogens is 4. The number of aliphatic hydroxyl groups is 1. The molecule has 2 aromatic rings. The second kappa shape index (κ2) is 11.5. The van der Waals surface area contributed by atoms with Gasteiger partial charge in [0.15, 0.2) is 17.0 Å². The minimum absolute atomic E-state index is 0.114. The van der Waals surface area contributed by atoms with Gasteiger partial charge in [-0.2, -0.15) is 9.97 Å². The standard InChI is InChI=1S/C21H35N7O6P/c1-11(2)34-20(30)12(3)26-35(31)33-9-15(32-6)17(29)13(4)28-10-23-16-18(27(5)14-7-8-14)24-21(22)25-19(16)28/h10-15,17,29H,7-9H2,1-6H3,(H,26,31)(H2,22,24,25)/q+1/t12-,13-,15?,17-/m0/s1. The fourth-order valence-corrected chi connectivity index (χ4v) is 4.38. The largest absolute Gasteiger partial charge is 0.613 e. The monoisotopic (exact) mass is 512 g/mol. The number of esters is 1. The fraction of sp³-hybridized carbons (Fsp3) is 0.714. The molecule has 2 unspecified atom stereocenters. The molecule has 0 bridgehead atoms. The van der Waals surface area contributed by atoms with Crippen molar-refractivity contribution in [2.24, 2.45) is 0 Å². The molecular weight excluding hydrogens is 477 g/mol. The molecule has 0 aromatic carbocycles. The molecule has 35 heavy (non-hydrogen) atoms. The van der Waals surface area contributed by atoms with Crippen LogP contribution in [0.3, 0.4) is 0 Å². The molecule has 0 radical (unpaired) electrons. The number of carbonyl (C=O) groups is 1. The second-order valence-electron chi connectivity index (χ2n) is 8.97. The Morgan fingerprint density at radius 3 is 2.63 bits per heavy atom. The number of hydrogen-bond acceptors (Lipinski definition) is 11. The van der Waals surface area contributed by atoms with E-state index in [2.05, 4.69) is 20.0 Å². The topological polar surface area (TPSA) is 167 Å². The Morgan fingerprint density at radius 1 is 1.34 bits per heavy atom. The van der Waals surface area contributed by atoms with Crippen molar-refractivity contribution in [1.82, 2.24) is 24.6 Å². The van der Waals surface area contributed by atoms with Gasteiger partial charge in [0, 0.05) is 20.2 Å². The molecule has 1 saturated carbocycles. The quantitative estimate of drug-likeness (QED) is 0.262. The maximum absolute atomic E-state index is 12.3. The van der Waals surface area contributed by atoms with Crippen molar-refractivity contribution in [3.63, 3.8) is 0 Å². The number of rotatable bonds is 13. The lowest BCUT2D eigenvalue weighted by Crippen LogP contribution is -2.38. The molecule has 194 valence electrons. The average Bonchev–Trinajstić information content (AvgIpc) is 3.57. The first-order valence-electron chi connectivity index (χ1n) is 11.5. The van der Waals surface area contributed by atoms with Gasteiger partial charge in [0.1, 0.15) is 24.9 Å². The molecule has 3 rings (SSSR count). The van der Waals surface area contributed by atoms with Gasteiger partial charge in [-0.15, -0.1) is 4.52 Å². The summed E-state index contributed by atoms with van der Waals surface area (Å²) in [5.41, 5.74) is 7.06. The van der Waals surface area contributed by atoms with Gasteiger partial charge in [-0.05, 0) is 45.1 Å². The maximum Gasteiger partial charge on any atom is 0.613 e. The van der Waals surface area contributed by atoms with Gasteiger partial charge in [0.2, 0.25) is 5.95 Å². The molecule has 1 aliphatic carbocycles. The predicted octanol–water partition coefficient (Wildman–Crippen LogP) is 1.55. The van der Waals surface area contributed by atoms with Gasteiger partial charge in [0.25, 0.3) is 0 Å². The van der Waals surface area contributed by atoms with Gasteiger partial charge < -0.3 is 29.8 Å². The summed E-state index contributed by atoms with van der Waals surface area (Å²) in [5, 5.41) is 13.6. The number of aliphatic hydroxyl groups excluding tert-OH is 1. The Morgan fingerprint density at radius 2 is 2.03 bits per heavy atom. The average molecular weight is 513 g/mol. The van der Waals surface area contributed by atoms with Crippen LogP contribution in [0.15, 0.2) is 6.33 Å². The summed E-state index contributed by atoms with van der Waals surface area (Å²) in [6, 6.07) is -0.954. The van der Waals surface area contributed by atoms with Crippen LogP contribution in [0.2, 0.25) is 0 Å². The van der Waals surface area contributed by atoms with Gasteiger partial charge in [-0.25, -0.2) is 4.98 Å². The number of carbonyl (C=O) groups excluding carboxylic acids is 1. The summed E-state index contributed by atoms with van der Waals surface area (Å²) in [6.45, 7) is 6.57. The smallest absolute Gasteiger partial charge is 0.462 e. The number of hydrogen-bond donors (Lipinski definition) is 3. The number of ether oxygens (including phenoxy) is 2. The van der Waals surface area contributed by atoms with E-state index in [0.717, 1.165) is 12.8 Å². The SMILES string of the molecule is COC(CO[P+](=O)N[C@@H](C)C(=O)OC(C)C)[C@@H](O)[C@H](C)n1cnc2c(N(C)C3CC3)nc(N)nc21. The molecule has 4 N–H and O–H groups in total. The maximum atomic E-state index is 12.3. The van der Waals surface area contributed by atoms with Crippen LogP contribution >= 0.6 is 8.18 Å². The molecule has 2 aromatic heterocycles. The number of methoxy groups -OCH3 is 1. The molecular formula is C21H35N7O6P+. The van der Waals surface area contributed by atoms with Crippen molar-refractivity contribution in [1.29, 1.82) is 0 Å². The number of fused-ring (bicyclic) bond motifs is 1. The van der Waals surface area contributed by atoms with Crippen molar-refractivity contribution in [3.05, 3.63) is 6.33 Å². The summed E-state index contributed by atoms with van der Waals surface area (Å²) in [6.07, 6.45) is 1.57. The predicted molar refractivity (Wildman–Crippen MR) is 130 cm³/mol. The zero-order valence-electron chi connectivity index (χ0n) is 20.9. The Hall–Kier alpha value is -2.44. The lowest BCUT2D eigenvalue weighted by molar-refractivity contribution is -0.149. The van der Waals surface area contributed by atoms with Crippen molar-refractivity contribution in [3.8, 4) is 0 Å². The lowest BCUT2D eigenvalue weighted by Gasteiger charge is -2.26. The van der Waals surface area contributed by atoms with E-state index in [-0.39, 0.29) is 18.7 Å². The highest BCUT2D eigenvalue weighted by Crippen LogP contribution is 2.33. The third-order valence-electron chi connectivity index (χ3n) is 5.83. The Bertz CT molecular complexity index is 1050. The van der Waals surface area contributed by atoms with Crippen molar-refractivity contribution < 1.29 is 28.5 Å². The van der Waals surface area contributed by atoms with Crippen LogP contribution in [0.4, 0.5) is 11.8 Å². The number of nitrogens with zero attached hydrogens (tertiary/aromatic N) is 5. The van der Waals surface area contributed by atoms with Crippen LogP contribution in [0.5, 0.6) is 0 Å². The van der Waals surface area contributed by atoms with Gasteiger partial charge >= 0.3 is 14.1 Å². The first-order chi connectivity index (χ1) is 16.5. The zero-order valence-corrected chi connectivity index (χ0v) is 21.8. The lowest BCUT2D eigenvalue weighted by atomic mass is 10.1. The van der Waals surface area contributed by atoms with Gasteiger partial charge in [-0.1, -0.05) is 5.09 Å². The van der Waals surface area contributed by atoms with Crippen LogP contribution < -0.4 is 15.7 Å². The van der Waals surface area contributed by atoms with E-state index in [1.165, 1.54) is 14.0 Å². The van der Waals surface area contributed by atoms with Crippen molar-refractivity contribution in [2.75, 3.05) is 31.4 Å². The Balaban J connectivity index is 1.67. The van der Waals surface area contributed by atoms with Gasteiger partial charge in [-0.3, -0.25) is 4.79 Å². The van der Waals surface area contributed by atoms with Crippen LogP contribution in [0, 0.1) is 0 Å². The first-order valence-corrected chi connectivity index (χ1v) is 12.7. The third-order valence-corrected chi connectivity index (χ3v) is 6.81. The normalized spacial score (nSPS) is 17.8. The molecule has 0 saturated heterocycles. The van der Waals surface area contributed by atoms with Crippen LogP contribution in [-0.4, -0.2) is 81.8 Å². The molecule has 13 nitrogen and oxygen atoms in total. The molecule has 2 heterocycles. The molecule has 0 spiro atoms. The molecule has 14 heteroatoms. The zero-order chi connectivity index (χ0) is 25.9. The minimum atomic E-state index is -2.40. The summed E-state index contributed by atoms with van der Waals surface area (Å²) in [4.78, 5) is 27.1. The highest BCUT2D eigenvalue weighted by atomic mass is 31.1. The van der Waals surface area contributed by atoms with Gasteiger partial charge in [0.05, 0.1) is 18.5 Å². The van der Waals surface area contributed by atoms with Crippen molar-refractivity contribution in [2.45, 2.75) is 77.0 Å². The third kappa shape index (κ3) is 6.62. The molecule has 5 atom stereocenters. The number of anilines is 2. The summed E-state index contributed by atoms with van der Waals surface area (Å²) in [5.74, 6) is 0.224. The number of nitrogens with one attached hydrogen (secondary N) is 1. The number of nitrogen functional groups attached to an aromatic ring is 1. The summed E-state index contributed by atoms with van der Waals surface area (Å²) in [7, 11) is 0.967. The van der Waals surface area contributed by atoms with E-state index in [4.69, 9.17) is 19.7 Å². The molecule has 1 fully saturated rings. The van der Waals surface area contributed by atoms with E-state index in [1.54, 1.807) is 31.7 Å². The number of nitrogens with two attached hydrogens (primary N) is 1. The highest BCUT2D eigenvalue weighted by Gasteiger charge is 2.34. The second-order valence-corrected chi connectivity index (χ2v) is 10.00. The first kappa shape index (κ1) is 27.2. The van der Waals surface area contributed by atoms with Crippen molar-refractivity contribution >= 4 is 37.1 Å². The Kier molecular flexibility index (Phi) is 8.94. The van der Waals surface area contributed by atoms with Crippen LogP contribution in [-0.2, 0) is 23.4 Å².